The fraction of sp³-hybridized carbons (Fsp3) is 0.556. The molecule has 3 aliphatic rings. The lowest BCUT2D eigenvalue weighted by molar-refractivity contribution is -0.132. The van der Waals surface area contributed by atoms with E-state index in [1.165, 1.54) is 10.5 Å². The van der Waals surface area contributed by atoms with Gasteiger partial charge in [0.15, 0.2) is 11.5 Å². The van der Waals surface area contributed by atoms with Crippen molar-refractivity contribution in [1.82, 2.24) is 15.1 Å². The van der Waals surface area contributed by atoms with Crippen molar-refractivity contribution >= 4 is 23.7 Å². The number of rotatable bonds is 4. The third-order valence-electron chi connectivity index (χ3n) is 5.41. The lowest BCUT2D eigenvalue weighted by Gasteiger charge is -2.31. The lowest BCUT2D eigenvalue weighted by Crippen LogP contribution is -2.48. The van der Waals surface area contributed by atoms with E-state index in [2.05, 4.69) is 10.2 Å². The predicted octanol–water partition coefficient (Wildman–Crippen LogP) is 1.45. The molecule has 2 fully saturated rings. The molecule has 0 saturated carbocycles. The number of methoxy groups -OCH3 is 2. The maximum Gasteiger partial charge on any atom is 0.326 e. The van der Waals surface area contributed by atoms with Gasteiger partial charge in [-0.2, -0.15) is 11.8 Å². The van der Waals surface area contributed by atoms with Gasteiger partial charge in [-0.05, 0) is 41.9 Å². The number of fused-ring (bicyclic) bond motifs is 1. The monoisotopic (exact) mass is 377 g/mol. The van der Waals surface area contributed by atoms with Crippen LogP contribution in [0.4, 0.5) is 4.79 Å². The van der Waals surface area contributed by atoms with Gasteiger partial charge < -0.3 is 14.8 Å². The van der Waals surface area contributed by atoms with Crippen molar-refractivity contribution < 1.29 is 19.1 Å². The molecule has 1 atom stereocenters. The molecule has 7 nitrogen and oxygen atoms in total. The van der Waals surface area contributed by atoms with Gasteiger partial charge in [-0.15, -0.1) is 0 Å². The third-order valence-corrected chi connectivity index (χ3v) is 6.60. The van der Waals surface area contributed by atoms with Crippen LogP contribution in [0, 0.1) is 0 Å². The SMILES string of the molecule is COc1cc2c(cc1OC)CN(CN1C(=O)NC3(CCSC3)C1=O)CC2. The van der Waals surface area contributed by atoms with Crippen molar-refractivity contribution in [2.45, 2.75) is 24.9 Å². The zero-order valence-corrected chi connectivity index (χ0v) is 15.9. The second kappa shape index (κ2) is 6.66. The molecule has 1 unspecified atom stereocenters. The number of ether oxygens (including phenoxy) is 2. The summed E-state index contributed by atoms with van der Waals surface area (Å²) in [5, 5.41) is 2.92. The molecule has 26 heavy (non-hydrogen) atoms. The highest BCUT2D eigenvalue weighted by atomic mass is 32.2. The van der Waals surface area contributed by atoms with Crippen molar-refractivity contribution in [3.8, 4) is 11.5 Å². The van der Waals surface area contributed by atoms with E-state index < -0.39 is 5.54 Å². The van der Waals surface area contributed by atoms with Crippen LogP contribution in [0.5, 0.6) is 11.5 Å². The Balaban J connectivity index is 1.49. The zero-order chi connectivity index (χ0) is 18.3. The highest BCUT2D eigenvalue weighted by molar-refractivity contribution is 7.99. The number of nitrogens with zero attached hydrogens (tertiary/aromatic N) is 2. The fourth-order valence-electron chi connectivity index (χ4n) is 3.90. The number of carbonyl (C=O) groups excluding carboxylic acids is 2. The second-order valence-corrected chi connectivity index (χ2v) is 8.07. The topological polar surface area (TPSA) is 71.1 Å². The third kappa shape index (κ3) is 2.81. The first-order chi connectivity index (χ1) is 12.6. The van der Waals surface area contributed by atoms with Gasteiger partial charge >= 0.3 is 6.03 Å². The average Bonchev–Trinajstić information content (AvgIpc) is 3.21. The minimum atomic E-state index is -0.675. The van der Waals surface area contributed by atoms with Gasteiger partial charge in [-0.3, -0.25) is 9.69 Å². The van der Waals surface area contributed by atoms with Crippen LogP contribution < -0.4 is 14.8 Å². The number of hydrogen-bond donors (Lipinski definition) is 1. The molecule has 3 amide bonds. The van der Waals surface area contributed by atoms with E-state index in [0.717, 1.165) is 36.5 Å². The van der Waals surface area contributed by atoms with E-state index in [-0.39, 0.29) is 11.9 Å². The largest absolute Gasteiger partial charge is 0.493 e. The van der Waals surface area contributed by atoms with E-state index in [4.69, 9.17) is 9.47 Å². The zero-order valence-electron chi connectivity index (χ0n) is 15.0. The summed E-state index contributed by atoms with van der Waals surface area (Å²) in [5.74, 6) is 2.94. The Labute approximate surface area is 157 Å². The van der Waals surface area contributed by atoms with Gasteiger partial charge in [0.2, 0.25) is 0 Å². The molecular formula is C18H23N3O4S. The predicted molar refractivity (Wildman–Crippen MR) is 98.6 cm³/mol. The van der Waals surface area contributed by atoms with Crippen LogP contribution in [0.25, 0.3) is 0 Å². The summed E-state index contributed by atoms with van der Waals surface area (Å²) < 4.78 is 10.8. The Bertz CT molecular complexity index is 748. The van der Waals surface area contributed by atoms with E-state index in [9.17, 15) is 9.59 Å². The maximum absolute atomic E-state index is 12.8. The van der Waals surface area contributed by atoms with Crippen LogP contribution >= 0.6 is 11.8 Å². The summed E-state index contributed by atoms with van der Waals surface area (Å²) >= 11 is 1.72. The van der Waals surface area contributed by atoms with Crippen LogP contribution in [0.15, 0.2) is 12.1 Å². The van der Waals surface area contributed by atoms with Gasteiger partial charge in [0, 0.05) is 18.8 Å². The Morgan fingerprint density at radius 3 is 2.58 bits per heavy atom. The molecule has 1 spiro atoms. The molecule has 0 aromatic heterocycles. The van der Waals surface area contributed by atoms with Crippen molar-refractivity contribution in [2.24, 2.45) is 0 Å². The van der Waals surface area contributed by atoms with Crippen molar-refractivity contribution in [3.05, 3.63) is 23.3 Å². The molecule has 1 aromatic rings. The molecule has 4 rings (SSSR count). The smallest absolute Gasteiger partial charge is 0.326 e. The molecule has 1 aromatic carbocycles. The van der Waals surface area contributed by atoms with E-state index >= 15 is 0 Å². The second-order valence-electron chi connectivity index (χ2n) is 6.97. The van der Waals surface area contributed by atoms with Gasteiger partial charge in [0.1, 0.15) is 5.54 Å². The average molecular weight is 377 g/mol. The molecule has 2 saturated heterocycles. The molecule has 3 heterocycles. The molecule has 140 valence electrons. The summed E-state index contributed by atoms with van der Waals surface area (Å²) in [4.78, 5) is 28.7. The number of thioether (sulfide) groups is 1. The fourth-order valence-corrected chi connectivity index (χ4v) is 5.22. The highest BCUT2D eigenvalue weighted by Crippen LogP contribution is 2.35. The minimum absolute atomic E-state index is 0.0781. The Morgan fingerprint density at radius 1 is 1.19 bits per heavy atom. The number of urea groups is 1. The first kappa shape index (κ1) is 17.5. The number of nitrogens with one attached hydrogen (secondary N) is 1. The van der Waals surface area contributed by atoms with E-state index in [1.807, 2.05) is 12.1 Å². The first-order valence-electron chi connectivity index (χ1n) is 8.74. The van der Waals surface area contributed by atoms with Crippen molar-refractivity contribution in [3.63, 3.8) is 0 Å². The normalized spacial score (nSPS) is 25.5. The molecule has 0 radical (unpaired) electrons. The van der Waals surface area contributed by atoms with Crippen LogP contribution in [-0.4, -0.2) is 66.2 Å². The molecule has 0 bridgehead atoms. The molecular weight excluding hydrogens is 354 g/mol. The molecule has 0 aliphatic carbocycles. The quantitative estimate of drug-likeness (QED) is 0.801. The number of carbonyl (C=O) groups is 2. The van der Waals surface area contributed by atoms with Crippen LogP contribution in [0.2, 0.25) is 0 Å². The van der Waals surface area contributed by atoms with Crippen LogP contribution in [0.3, 0.4) is 0 Å². The Morgan fingerprint density at radius 2 is 1.92 bits per heavy atom. The summed E-state index contributed by atoms with van der Waals surface area (Å²) in [6.45, 7) is 1.79. The molecule has 8 heteroatoms. The number of imide groups is 1. The lowest BCUT2D eigenvalue weighted by atomic mass is 9.98. The van der Waals surface area contributed by atoms with Gasteiger partial charge in [0.25, 0.3) is 5.91 Å². The summed E-state index contributed by atoms with van der Waals surface area (Å²) in [7, 11) is 3.26. The summed E-state index contributed by atoms with van der Waals surface area (Å²) in [5.41, 5.74) is 1.69. The first-order valence-corrected chi connectivity index (χ1v) is 9.90. The number of hydrogen-bond acceptors (Lipinski definition) is 6. The van der Waals surface area contributed by atoms with Gasteiger partial charge in [0.05, 0.1) is 20.9 Å². The van der Waals surface area contributed by atoms with E-state index in [0.29, 0.717) is 24.7 Å². The highest BCUT2D eigenvalue weighted by Gasteiger charge is 2.53. The summed E-state index contributed by atoms with van der Waals surface area (Å²) in [6, 6.07) is 3.74. The minimum Gasteiger partial charge on any atom is -0.493 e. The van der Waals surface area contributed by atoms with Crippen molar-refractivity contribution in [2.75, 3.05) is 38.9 Å². The maximum atomic E-state index is 12.8. The van der Waals surface area contributed by atoms with E-state index in [1.54, 1.807) is 26.0 Å². The summed E-state index contributed by atoms with van der Waals surface area (Å²) in [6.07, 6.45) is 1.57. The van der Waals surface area contributed by atoms with Crippen LogP contribution in [-0.2, 0) is 17.8 Å². The standard InChI is InChI=1S/C18H23N3O4S/c1-24-14-7-12-3-5-20(9-13(12)8-15(14)25-2)11-21-16(22)18(19-17(21)23)4-6-26-10-18/h7-8H,3-6,9-11H2,1-2H3,(H,19,23). The Hall–Kier alpha value is -1.93. The molecule has 3 aliphatic heterocycles. The number of amides is 3. The van der Waals surface area contributed by atoms with Gasteiger partial charge in [-0.1, -0.05) is 0 Å². The van der Waals surface area contributed by atoms with Gasteiger partial charge in [-0.25, -0.2) is 9.69 Å². The van der Waals surface area contributed by atoms with Crippen molar-refractivity contribution in [1.29, 1.82) is 0 Å². The Kier molecular flexibility index (Phi) is 4.48. The number of benzene rings is 1. The molecule has 1 N–H and O–H groups in total. The van der Waals surface area contributed by atoms with Crippen LogP contribution in [0.1, 0.15) is 17.5 Å².